The van der Waals surface area contributed by atoms with Crippen LogP contribution in [0.2, 0.25) is 0 Å². The molecule has 2 atom stereocenters. The topological polar surface area (TPSA) is 116 Å². The van der Waals surface area contributed by atoms with E-state index in [1.165, 1.54) is 18.9 Å². The number of aliphatic hydroxyl groups is 1. The Morgan fingerprint density at radius 3 is 2.30 bits per heavy atom. The maximum Gasteiger partial charge on any atom is 0.306 e. The quantitative estimate of drug-likeness (QED) is 0.472. The lowest BCUT2D eigenvalue weighted by Crippen LogP contribution is -2.47. The van der Waals surface area contributed by atoms with Gasteiger partial charge in [0.1, 0.15) is 23.4 Å². The van der Waals surface area contributed by atoms with Crippen LogP contribution in [0.25, 0.3) is 0 Å². The van der Waals surface area contributed by atoms with Gasteiger partial charge in [0.15, 0.2) is 0 Å². The van der Waals surface area contributed by atoms with E-state index in [4.69, 9.17) is 9.84 Å². The second-order valence-corrected chi connectivity index (χ2v) is 14.2. The van der Waals surface area contributed by atoms with Crippen LogP contribution in [0.5, 0.6) is 5.75 Å². The first kappa shape index (κ1) is 28.4. The molecule has 1 heterocycles. The van der Waals surface area contributed by atoms with Gasteiger partial charge in [-0.15, -0.1) is 0 Å². The fourth-order valence-electron chi connectivity index (χ4n) is 4.53. The number of halogens is 2. The summed E-state index contributed by atoms with van der Waals surface area (Å²) in [6.07, 6.45) is 4.46. The van der Waals surface area contributed by atoms with Crippen LogP contribution in [0.4, 0.5) is 14.5 Å². The van der Waals surface area contributed by atoms with Crippen molar-refractivity contribution in [3.63, 3.8) is 0 Å². The second-order valence-electron chi connectivity index (χ2n) is 10.1. The number of carbonyl (C=O) groups excluding carboxylic acids is 2. The summed E-state index contributed by atoms with van der Waals surface area (Å²) in [4.78, 5) is 39.0. The second kappa shape index (κ2) is 10.7. The summed E-state index contributed by atoms with van der Waals surface area (Å²) >= 11 is 0. The van der Waals surface area contributed by atoms with E-state index in [0.717, 1.165) is 17.7 Å². The molecule has 2 aromatic rings. The SMILES string of the molecule is COc1ccc2c(c1)CCN(C(=O)CC(C)(O)CC(=O)O)[C@H]2C(=O)Nc1cc(F)c(S(C)(C)C)c(F)c1. The highest BCUT2D eigenvalue weighted by Crippen LogP contribution is 2.48. The van der Waals surface area contributed by atoms with Crippen LogP contribution in [0.1, 0.15) is 36.9 Å². The number of anilines is 1. The first-order chi connectivity index (χ1) is 17.1. The Bertz CT molecular complexity index is 1210. The molecule has 1 unspecified atom stereocenters. The van der Waals surface area contributed by atoms with Gasteiger partial charge in [-0.1, -0.05) is 6.07 Å². The molecule has 1 aliphatic heterocycles. The van der Waals surface area contributed by atoms with Crippen molar-refractivity contribution in [3.05, 3.63) is 53.1 Å². The predicted octanol–water partition coefficient (Wildman–Crippen LogP) is 3.71. The molecule has 8 nitrogen and oxygen atoms in total. The minimum absolute atomic E-state index is 0.0296. The molecular formula is C26H32F2N2O6S. The summed E-state index contributed by atoms with van der Waals surface area (Å²) in [7, 11) is -0.214. The average Bonchev–Trinajstić information content (AvgIpc) is 2.74. The molecule has 0 spiro atoms. The number of ether oxygens (including phenoxy) is 1. The Kier molecular flexibility index (Phi) is 8.18. The number of carboxylic acids is 1. The van der Waals surface area contributed by atoms with Gasteiger partial charge in [-0.3, -0.25) is 14.4 Å². The molecule has 3 N–H and O–H groups in total. The standard InChI is InChI=1S/C26H32F2N2O6S/c1-26(35,14-22(32)33)13-21(31)30-9-8-15-10-17(36-2)6-7-18(15)23(30)25(34)29-16-11-19(27)24(20(28)12-16)37(3,4)5/h6-7,10-12,23,35H,8-9,13-14H2,1-5H3,(H,29,34)(H,32,33)/t23-,26?/m1/s1. The molecule has 0 radical (unpaired) electrons. The zero-order chi connectivity index (χ0) is 27.7. The van der Waals surface area contributed by atoms with Crippen LogP contribution in [0.15, 0.2) is 35.2 Å². The zero-order valence-corrected chi connectivity index (χ0v) is 22.2. The molecule has 1 aliphatic rings. The van der Waals surface area contributed by atoms with E-state index in [0.29, 0.717) is 17.7 Å². The van der Waals surface area contributed by atoms with E-state index in [1.54, 1.807) is 37.0 Å². The van der Waals surface area contributed by atoms with Crippen molar-refractivity contribution in [3.8, 4) is 5.75 Å². The van der Waals surface area contributed by atoms with Crippen LogP contribution in [0, 0.1) is 11.6 Å². The van der Waals surface area contributed by atoms with E-state index in [2.05, 4.69) is 5.32 Å². The minimum Gasteiger partial charge on any atom is -0.497 e. The van der Waals surface area contributed by atoms with Gasteiger partial charge in [-0.2, -0.15) is 0 Å². The Hall–Kier alpha value is -3.18. The number of methoxy groups -OCH3 is 1. The molecule has 0 fully saturated rings. The van der Waals surface area contributed by atoms with Crippen molar-refractivity contribution in [2.75, 3.05) is 37.7 Å². The third kappa shape index (κ3) is 6.58. The predicted molar refractivity (Wildman–Crippen MR) is 137 cm³/mol. The van der Waals surface area contributed by atoms with Crippen molar-refractivity contribution < 1.29 is 38.1 Å². The van der Waals surface area contributed by atoms with Gasteiger partial charge in [-0.05, 0) is 67.5 Å². The number of carbonyl (C=O) groups is 3. The monoisotopic (exact) mass is 538 g/mol. The Balaban J connectivity index is 1.98. The maximum atomic E-state index is 14.8. The number of hydrogen-bond acceptors (Lipinski definition) is 5. The van der Waals surface area contributed by atoms with Crippen molar-refractivity contribution >= 4 is 33.5 Å². The van der Waals surface area contributed by atoms with Crippen LogP contribution >= 0.6 is 10.0 Å². The van der Waals surface area contributed by atoms with Gasteiger partial charge < -0.3 is 25.2 Å². The summed E-state index contributed by atoms with van der Waals surface area (Å²) in [6, 6.07) is 5.95. The highest BCUT2D eigenvalue weighted by atomic mass is 32.3. The molecule has 0 aliphatic carbocycles. The molecule has 3 rings (SSSR count). The summed E-state index contributed by atoms with van der Waals surface area (Å²) < 4.78 is 34.8. The molecule has 0 saturated heterocycles. The van der Waals surface area contributed by atoms with Gasteiger partial charge in [0.05, 0.1) is 30.4 Å². The van der Waals surface area contributed by atoms with Gasteiger partial charge in [0, 0.05) is 12.2 Å². The van der Waals surface area contributed by atoms with E-state index in [9.17, 15) is 28.3 Å². The van der Waals surface area contributed by atoms with Crippen molar-refractivity contribution in [2.24, 2.45) is 0 Å². The first-order valence-corrected chi connectivity index (χ1v) is 14.4. The normalized spacial score (nSPS) is 17.4. The average molecular weight is 539 g/mol. The van der Waals surface area contributed by atoms with Crippen LogP contribution < -0.4 is 10.1 Å². The summed E-state index contributed by atoms with van der Waals surface area (Å²) in [5, 5.41) is 22.0. The Morgan fingerprint density at radius 1 is 1.14 bits per heavy atom. The highest BCUT2D eigenvalue weighted by Gasteiger charge is 2.39. The van der Waals surface area contributed by atoms with Crippen LogP contribution in [0.3, 0.4) is 0 Å². The van der Waals surface area contributed by atoms with Gasteiger partial charge in [0.25, 0.3) is 5.91 Å². The van der Waals surface area contributed by atoms with Crippen molar-refractivity contribution in [2.45, 2.75) is 42.7 Å². The first-order valence-electron chi connectivity index (χ1n) is 11.5. The summed E-state index contributed by atoms with van der Waals surface area (Å²) in [5.41, 5.74) is -0.683. The molecule has 37 heavy (non-hydrogen) atoms. The van der Waals surface area contributed by atoms with Gasteiger partial charge >= 0.3 is 5.97 Å². The maximum absolute atomic E-state index is 14.8. The third-order valence-corrected chi connectivity index (χ3v) is 7.70. The molecule has 0 bridgehead atoms. The fourth-order valence-corrected chi connectivity index (χ4v) is 5.81. The molecule has 202 valence electrons. The van der Waals surface area contributed by atoms with Crippen molar-refractivity contribution in [1.29, 1.82) is 0 Å². The van der Waals surface area contributed by atoms with Crippen molar-refractivity contribution in [1.82, 2.24) is 4.90 Å². The largest absolute Gasteiger partial charge is 0.497 e. The van der Waals surface area contributed by atoms with E-state index in [-0.39, 0.29) is 17.1 Å². The van der Waals surface area contributed by atoms with Gasteiger partial charge in [0.2, 0.25) is 5.91 Å². The van der Waals surface area contributed by atoms with Crippen LogP contribution in [-0.2, 0) is 20.8 Å². The molecule has 2 aromatic carbocycles. The van der Waals surface area contributed by atoms with Crippen LogP contribution in [-0.4, -0.2) is 70.9 Å². The smallest absolute Gasteiger partial charge is 0.306 e. The number of carboxylic acid groups (broad SMARTS) is 1. The van der Waals surface area contributed by atoms with E-state index in [1.807, 2.05) is 0 Å². The highest BCUT2D eigenvalue weighted by molar-refractivity contribution is 8.32. The number of benzene rings is 2. The fraction of sp³-hybridized carbons (Fsp3) is 0.423. The number of hydrogen-bond donors (Lipinski definition) is 3. The Morgan fingerprint density at radius 2 is 1.76 bits per heavy atom. The molecule has 0 saturated carbocycles. The Labute approximate surface area is 215 Å². The summed E-state index contributed by atoms with van der Waals surface area (Å²) in [5.74, 6) is -3.59. The van der Waals surface area contributed by atoms with E-state index < -0.39 is 63.9 Å². The lowest BCUT2D eigenvalue weighted by molar-refractivity contribution is -0.148. The zero-order valence-electron chi connectivity index (χ0n) is 21.4. The summed E-state index contributed by atoms with van der Waals surface area (Å²) in [6.45, 7) is 1.34. The molecular weight excluding hydrogens is 506 g/mol. The number of amides is 2. The number of nitrogens with zero attached hydrogens (tertiary/aromatic N) is 1. The minimum atomic E-state index is -1.83. The van der Waals surface area contributed by atoms with Gasteiger partial charge in [-0.25, -0.2) is 18.8 Å². The molecule has 11 heteroatoms. The third-order valence-electron chi connectivity index (χ3n) is 6.09. The lowest BCUT2D eigenvalue weighted by Gasteiger charge is -2.38. The number of aliphatic carboxylic acids is 1. The molecule has 0 aromatic heterocycles. The number of fused-ring (bicyclic) bond motifs is 1. The van der Waals surface area contributed by atoms with E-state index >= 15 is 0 Å². The molecule has 2 amide bonds. The number of rotatable bonds is 8. The lowest BCUT2D eigenvalue weighted by atomic mass is 9.90. The number of nitrogens with one attached hydrogen (secondary N) is 1.